The van der Waals surface area contributed by atoms with E-state index in [2.05, 4.69) is 118 Å². The molecule has 0 aromatic rings. The summed E-state index contributed by atoms with van der Waals surface area (Å²) < 4.78 is 16.9. The number of allylic oxidation sites excluding steroid dienone is 16. The maximum absolute atomic E-state index is 12.9. The van der Waals surface area contributed by atoms with Gasteiger partial charge in [0.2, 0.25) is 0 Å². The van der Waals surface area contributed by atoms with E-state index in [1.165, 1.54) is 167 Å². The van der Waals surface area contributed by atoms with Gasteiger partial charge in [0, 0.05) is 19.3 Å². The highest BCUT2D eigenvalue weighted by Crippen LogP contribution is 2.16. The average Bonchev–Trinajstić information content (AvgIpc) is 3.43. The number of esters is 3. The number of unbranched alkanes of at least 4 members (excludes halogenated alkanes) is 32. The lowest BCUT2D eigenvalue weighted by molar-refractivity contribution is -0.167. The van der Waals surface area contributed by atoms with Gasteiger partial charge in [-0.15, -0.1) is 0 Å². The molecule has 0 aliphatic heterocycles. The average molecular weight is 1070 g/mol. The van der Waals surface area contributed by atoms with Crippen molar-refractivity contribution in [3.8, 4) is 0 Å². The van der Waals surface area contributed by atoms with Gasteiger partial charge < -0.3 is 14.2 Å². The molecular weight excluding hydrogens is 949 g/mol. The third-order valence-corrected chi connectivity index (χ3v) is 14.0. The first-order valence-electron chi connectivity index (χ1n) is 32.7. The summed E-state index contributed by atoms with van der Waals surface area (Å²) in [5, 5.41) is 0. The summed E-state index contributed by atoms with van der Waals surface area (Å²) in [4.78, 5) is 38.3. The molecule has 0 amide bonds. The predicted octanol–water partition coefficient (Wildman–Crippen LogP) is 22.4. The fraction of sp³-hybridized carbons (Fsp3) is 0.732. The lowest BCUT2D eigenvalue weighted by atomic mass is 10.0. The summed E-state index contributed by atoms with van der Waals surface area (Å²) in [5.74, 6) is -0.925. The van der Waals surface area contributed by atoms with Crippen LogP contribution in [0, 0.1) is 0 Å². The van der Waals surface area contributed by atoms with Gasteiger partial charge in [0.15, 0.2) is 6.10 Å². The summed E-state index contributed by atoms with van der Waals surface area (Å²) >= 11 is 0. The van der Waals surface area contributed by atoms with Crippen molar-refractivity contribution in [2.75, 3.05) is 13.2 Å². The quantitative estimate of drug-likeness (QED) is 0.0261. The summed E-state index contributed by atoms with van der Waals surface area (Å²) in [7, 11) is 0. The molecule has 0 fully saturated rings. The minimum absolute atomic E-state index is 0.0931. The molecule has 6 nitrogen and oxygen atoms in total. The fourth-order valence-corrected chi connectivity index (χ4v) is 9.14. The molecule has 0 spiro atoms. The largest absolute Gasteiger partial charge is 0.462 e. The molecule has 0 aromatic carbocycles. The Kier molecular flexibility index (Phi) is 61.8. The first-order valence-corrected chi connectivity index (χ1v) is 32.7. The van der Waals surface area contributed by atoms with Crippen molar-refractivity contribution in [3.05, 3.63) is 97.2 Å². The van der Waals surface area contributed by atoms with Crippen LogP contribution in [-0.4, -0.2) is 37.2 Å². The lowest BCUT2D eigenvalue weighted by Crippen LogP contribution is -2.30. The van der Waals surface area contributed by atoms with E-state index in [1.54, 1.807) is 0 Å². The van der Waals surface area contributed by atoms with Crippen molar-refractivity contribution in [1.82, 2.24) is 0 Å². The molecule has 6 heteroatoms. The van der Waals surface area contributed by atoms with Crippen LogP contribution < -0.4 is 0 Å². The molecule has 0 radical (unpaired) electrons. The normalized spacial score (nSPS) is 12.7. The number of carbonyl (C=O) groups is 3. The fourth-order valence-electron chi connectivity index (χ4n) is 9.14. The molecule has 0 saturated carbocycles. The molecule has 0 N–H and O–H groups in total. The van der Waals surface area contributed by atoms with Crippen molar-refractivity contribution in [2.24, 2.45) is 0 Å². The van der Waals surface area contributed by atoms with Crippen molar-refractivity contribution in [3.63, 3.8) is 0 Å². The van der Waals surface area contributed by atoms with Crippen LogP contribution >= 0.6 is 0 Å². The molecule has 0 aromatic heterocycles. The number of rotatable bonds is 59. The Morgan fingerprint density at radius 3 is 0.818 bits per heavy atom. The lowest BCUT2D eigenvalue weighted by Gasteiger charge is -2.18. The summed E-state index contributed by atoms with van der Waals surface area (Å²) in [5.41, 5.74) is 0. The van der Waals surface area contributed by atoms with Crippen LogP contribution in [0.25, 0.3) is 0 Å². The summed E-state index contributed by atoms with van der Waals surface area (Å²) in [6.45, 7) is 6.50. The van der Waals surface area contributed by atoms with Gasteiger partial charge in [0.05, 0.1) is 0 Å². The van der Waals surface area contributed by atoms with E-state index in [0.717, 1.165) is 109 Å². The zero-order valence-electron chi connectivity index (χ0n) is 50.7. The van der Waals surface area contributed by atoms with Crippen LogP contribution in [0.1, 0.15) is 316 Å². The van der Waals surface area contributed by atoms with Crippen LogP contribution in [0.4, 0.5) is 0 Å². The molecule has 0 aliphatic rings. The van der Waals surface area contributed by atoms with Gasteiger partial charge in [-0.25, -0.2) is 0 Å². The number of hydrogen-bond donors (Lipinski definition) is 0. The SMILES string of the molecule is CC/C=C\C/C=C\C/C=C\C/C=C\C/C=C\CCCCCC(=O)OC(COC(=O)CCCCCCC/C=C\CCCCCCCC)COC(=O)CCCCCCCCCCCCCCC/C=C\C/C=C\CCCCCCC. The zero-order chi connectivity index (χ0) is 55.7. The Bertz CT molecular complexity index is 1510. The second-order valence-corrected chi connectivity index (χ2v) is 21.6. The highest BCUT2D eigenvalue weighted by molar-refractivity contribution is 5.71. The molecule has 442 valence electrons. The molecular formula is C71H122O6. The highest BCUT2D eigenvalue weighted by Gasteiger charge is 2.19. The van der Waals surface area contributed by atoms with Gasteiger partial charge in [0.1, 0.15) is 13.2 Å². The number of ether oxygens (including phenoxy) is 3. The molecule has 0 heterocycles. The molecule has 77 heavy (non-hydrogen) atoms. The van der Waals surface area contributed by atoms with Crippen LogP contribution in [0.2, 0.25) is 0 Å². The van der Waals surface area contributed by atoms with Crippen molar-refractivity contribution in [2.45, 2.75) is 322 Å². The van der Waals surface area contributed by atoms with Crippen LogP contribution in [0.5, 0.6) is 0 Å². The molecule has 0 bridgehead atoms. The van der Waals surface area contributed by atoms with Gasteiger partial charge in [-0.05, 0) is 122 Å². The Morgan fingerprint density at radius 2 is 0.506 bits per heavy atom. The van der Waals surface area contributed by atoms with E-state index in [-0.39, 0.29) is 37.5 Å². The first kappa shape index (κ1) is 73.3. The minimum atomic E-state index is -0.801. The van der Waals surface area contributed by atoms with Crippen molar-refractivity contribution < 1.29 is 28.6 Å². The Morgan fingerprint density at radius 1 is 0.273 bits per heavy atom. The van der Waals surface area contributed by atoms with Crippen LogP contribution in [0.15, 0.2) is 97.2 Å². The topological polar surface area (TPSA) is 78.9 Å². The third-order valence-electron chi connectivity index (χ3n) is 14.0. The van der Waals surface area contributed by atoms with E-state index < -0.39 is 6.10 Å². The maximum Gasteiger partial charge on any atom is 0.306 e. The van der Waals surface area contributed by atoms with Crippen LogP contribution in [-0.2, 0) is 28.6 Å². The van der Waals surface area contributed by atoms with E-state index in [0.29, 0.717) is 12.8 Å². The van der Waals surface area contributed by atoms with Gasteiger partial charge in [-0.1, -0.05) is 272 Å². The van der Waals surface area contributed by atoms with E-state index >= 15 is 0 Å². The van der Waals surface area contributed by atoms with Gasteiger partial charge >= 0.3 is 17.9 Å². The highest BCUT2D eigenvalue weighted by atomic mass is 16.6. The summed E-state index contributed by atoms with van der Waals surface area (Å²) in [6, 6.07) is 0. The number of carbonyl (C=O) groups excluding carboxylic acids is 3. The predicted molar refractivity (Wildman–Crippen MR) is 334 cm³/mol. The second kappa shape index (κ2) is 64.9. The maximum atomic E-state index is 12.9. The van der Waals surface area contributed by atoms with Crippen molar-refractivity contribution >= 4 is 17.9 Å². The van der Waals surface area contributed by atoms with E-state index in [4.69, 9.17) is 14.2 Å². The summed E-state index contributed by atoms with van der Waals surface area (Å²) in [6.07, 6.45) is 87.0. The molecule has 0 aliphatic carbocycles. The molecule has 1 unspecified atom stereocenters. The monoisotopic (exact) mass is 1070 g/mol. The second-order valence-electron chi connectivity index (χ2n) is 21.6. The number of hydrogen-bond acceptors (Lipinski definition) is 6. The first-order chi connectivity index (χ1) is 38.0. The minimum Gasteiger partial charge on any atom is -0.462 e. The van der Waals surface area contributed by atoms with E-state index in [1.807, 2.05) is 0 Å². The van der Waals surface area contributed by atoms with Crippen molar-refractivity contribution in [1.29, 1.82) is 0 Å². The van der Waals surface area contributed by atoms with Gasteiger partial charge in [-0.2, -0.15) is 0 Å². The van der Waals surface area contributed by atoms with E-state index in [9.17, 15) is 14.4 Å². The Hall–Kier alpha value is -3.67. The van der Waals surface area contributed by atoms with Gasteiger partial charge in [0.25, 0.3) is 0 Å². The zero-order valence-corrected chi connectivity index (χ0v) is 50.7. The Balaban J connectivity index is 4.38. The molecule has 1 atom stereocenters. The van der Waals surface area contributed by atoms with Gasteiger partial charge in [-0.3, -0.25) is 14.4 Å². The molecule has 0 saturated heterocycles. The smallest absolute Gasteiger partial charge is 0.306 e. The Labute approximate surface area is 477 Å². The third kappa shape index (κ3) is 63.0. The molecule has 0 rings (SSSR count). The standard InChI is InChI=1S/C71H122O6/c1-4-7-10-13-16-19-22-25-28-30-32-33-34-35-36-37-39-40-43-46-49-52-55-58-61-64-70(73)76-67-68(66-75-69(72)63-60-57-54-51-48-45-42-27-24-21-18-15-12-9-6-3)77-71(74)65-62-59-56-53-50-47-44-41-38-31-29-26-23-20-17-14-11-8-5-2/h8,11,17,20,22,25-27,29-30,32,38,41-42,47,50,68H,4-7,9-10,12-16,18-19,21,23-24,28,31,33-37,39-40,43-46,48-49,51-67H2,1-3H3/b11-8-,20-17-,25-22-,29-26-,32-30-,41-38-,42-27-,50-47-. The van der Waals surface area contributed by atoms with Crippen LogP contribution in [0.3, 0.4) is 0 Å².